The second-order valence-corrected chi connectivity index (χ2v) is 6.39. The minimum atomic E-state index is -3.76. The first kappa shape index (κ1) is 15.5. The van der Waals surface area contributed by atoms with Crippen molar-refractivity contribution in [3.05, 3.63) is 23.5 Å². The summed E-state index contributed by atoms with van der Waals surface area (Å²) in [5, 5.41) is 13.8. The third kappa shape index (κ3) is 3.61. The monoisotopic (exact) mass is 312 g/mol. The number of anilines is 1. The number of aromatic nitrogens is 4. The number of sulfonamides is 1. The van der Waals surface area contributed by atoms with E-state index in [4.69, 9.17) is 0 Å². The van der Waals surface area contributed by atoms with Gasteiger partial charge in [-0.15, -0.1) is 0 Å². The van der Waals surface area contributed by atoms with Gasteiger partial charge in [-0.3, -0.25) is 14.5 Å². The van der Waals surface area contributed by atoms with E-state index >= 15 is 0 Å². The van der Waals surface area contributed by atoms with Crippen molar-refractivity contribution in [2.45, 2.75) is 31.8 Å². The molecule has 0 fully saturated rings. The quantitative estimate of drug-likeness (QED) is 0.654. The molecule has 0 aromatic carbocycles. The average molecular weight is 312 g/mol. The third-order valence-corrected chi connectivity index (χ3v) is 4.30. The summed E-state index contributed by atoms with van der Waals surface area (Å²) in [5.41, 5.74) is 1.38. The molecule has 0 atom stereocenters. The number of aryl methyl sites for hydroxylation is 2. The Kier molecular flexibility index (Phi) is 4.63. The highest BCUT2D eigenvalue weighted by atomic mass is 32.2. The Balaban J connectivity index is 2.23. The number of nitrogens with zero attached hydrogens (tertiary/aromatic N) is 3. The van der Waals surface area contributed by atoms with Gasteiger partial charge in [0.25, 0.3) is 10.0 Å². The average Bonchev–Trinajstić information content (AvgIpc) is 2.97. The molecule has 0 aliphatic carbocycles. The fourth-order valence-corrected chi connectivity index (χ4v) is 3.10. The lowest BCUT2D eigenvalue weighted by Gasteiger charge is -2.07. The topological polar surface area (TPSA) is 105 Å². The zero-order chi connectivity index (χ0) is 15.5. The first-order valence-corrected chi connectivity index (χ1v) is 8.19. The second-order valence-electron chi connectivity index (χ2n) is 4.79. The summed E-state index contributed by atoms with van der Waals surface area (Å²) >= 11 is 0. The fourth-order valence-electron chi connectivity index (χ4n) is 1.91. The van der Waals surface area contributed by atoms with Crippen LogP contribution in [0.1, 0.15) is 24.6 Å². The van der Waals surface area contributed by atoms with Crippen molar-refractivity contribution >= 4 is 15.8 Å². The standard InChI is InChI=1S/C12H20N6O2S/c1-4-6-13-8-10-9(2)14-15-12(10)21(19,20)17-11-5-7-18(3)16-11/h5,7,13H,4,6,8H2,1-3H3,(H,14,15)(H,16,17). The van der Waals surface area contributed by atoms with Crippen molar-refractivity contribution in [3.8, 4) is 0 Å². The van der Waals surface area contributed by atoms with Crippen LogP contribution in [-0.4, -0.2) is 34.9 Å². The summed E-state index contributed by atoms with van der Waals surface area (Å²) in [6, 6.07) is 1.59. The maximum atomic E-state index is 12.4. The van der Waals surface area contributed by atoms with Crippen LogP contribution in [0.15, 0.2) is 17.3 Å². The van der Waals surface area contributed by atoms with Crippen LogP contribution in [-0.2, 0) is 23.6 Å². The molecule has 116 valence electrons. The van der Waals surface area contributed by atoms with Gasteiger partial charge in [0.1, 0.15) is 0 Å². The molecule has 0 aliphatic heterocycles. The predicted molar refractivity (Wildman–Crippen MR) is 79.3 cm³/mol. The summed E-state index contributed by atoms with van der Waals surface area (Å²) in [6.07, 6.45) is 2.64. The Bertz CT molecular complexity index is 703. The first-order chi connectivity index (χ1) is 9.94. The summed E-state index contributed by atoms with van der Waals surface area (Å²) in [6.45, 7) is 5.12. The van der Waals surface area contributed by atoms with Gasteiger partial charge in [-0.1, -0.05) is 6.92 Å². The lowest BCUT2D eigenvalue weighted by molar-refractivity contribution is 0.593. The minimum absolute atomic E-state index is 0.00857. The van der Waals surface area contributed by atoms with E-state index < -0.39 is 10.0 Å². The van der Waals surface area contributed by atoms with E-state index in [1.54, 1.807) is 26.2 Å². The summed E-state index contributed by atoms with van der Waals surface area (Å²) in [7, 11) is -2.04. The van der Waals surface area contributed by atoms with E-state index in [1.165, 1.54) is 4.68 Å². The van der Waals surface area contributed by atoms with E-state index in [2.05, 4.69) is 32.3 Å². The first-order valence-electron chi connectivity index (χ1n) is 6.71. The molecule has 0 saturated carbocycles. The number of hydrogen-bond acceptors (Lipinski definition) is 5. The van der Waals surface area contributed by atoms with Crippen LogP contribution in [0.4, 0.5) is 5.82 Å². The van der Waals surface area contributed by atoms with E-state index in [0.29, 0.717) is 12.1 Å². The van der Waals surface area contributed by atoms with Crippen LogP contribution in [0, 0.1) is 6.92 Å². The van der Waals surface area contributed by atoms with Gasteiger partial charge in [-0.2, -0.15) is 18.6 Å². The second kappa shape index (κ2) is 6.27. The molecule has 8 nitrogen and oxygen atoms in total. The molecule has 0 spiro atoms. The Morgan fingerprint density at radius 3 is 2.81 bits per heavy atom. The van der Waals surface area contributed by atoms with Crippen molar-refractivity contribution in [3.63, 3.8) is 0 Å². The molecule has 0 radical (unpaired) electrons. The van der Waals surface area contributed by atoms with E-state index in [9.17, 15) is 8.42 Å². The van der Waals surface area contributed by atoms with Gasteiger partial charge in [-0.25, -0.2) is 0 Å². The molecule has 2 rings (SSSR count). The van der Waals surface area contributed by atoms with Gasteiger partial charge < -0.3 is 5.32 Å². The highest BCUT2D eigenvalue weighted by Crippen LogP contribution is 2.19. The Hall–Kier alpha value is -1.87. The van der Waals surface area contributed by atoms with Crippen molar-refractivity contribution in [1.82, 2.24) is 25.3 Å². The van der Waals surface area contributed by atoms with Gasteiger partial charge >= 0.3 is 0 Å². The van der Waals surface area contributed by atoms with Crippen LogP contribution in [0.2, 0.25) is 0 Å². The SMILES string of the molecule is CCCNCc1c(S(=O)(=O)Nc2ccn(C)n2)n[nH]c1C. The largest absolute Gasteiger partial charge is 0.313 e. The Morgan fingerprint density at radius 1 is 1.43 bits per heavy atom. The van der Waals surface area contributed by atoms with Crippen LogP contribution in [0.25, 0.3) is 0 Å². The van der Waals surface area contributed by atoms with Gasteiger partial charge in [0, 0.05) is 37.1 Å². The molecular formula is C12H20N6O2S. The van der Waals surface area contributed by atoms with Crippen LogP contribution in [0.5, 0.6) is 0 Å². The summed E-state index contributed by atoms with van der Waals surface area (Å²) < 4.78 is 28.8. The highest BCUT2D eigenvalue weighted by molar-refractivity contribution is 7.92. The van der Waals surface area contributed by atoms with Gasteiger partial charge in [-0.05, 0) is 19.9 Å². The minimum Gasteiger partial charge on any atom is -0.313 e. The molecule has 0 amide bonds. The number of aromatic amines is 1. The fraction of sp³-hybridized carbons (Fsp3) is 0.500. The summed E-state index contributed by atoms with van der Waals surface area (Å²) in [4.78, 5) is 0. The van der Waals surface area contributed by atoms with Crippen molar-refractivity contribution < 1.29 is 8.42 Å². The number of H-pyrrole nitrogens is 1. The van der Waals surface area contributed by atoms with E-state index in [1.807, 2.05) is 0 Å². The molecule has 21 heavy (non-hydrogen) atoms. The smallest absolute Gasteiger partial charge is 0.282 e. The Labute approximate surface area is 124 Å². The number of hydrogen-bond donors (Lipinski definition) is 3. The maximum absolute atomic E-state index is 12.4. The molecule has 3 N–H and O–H groups in total. The van der Waals surface area contributed by atoms with Crippen LogP contribution in [0.3, 0.4) is 0 Å². The van der Waals surface area contributed by atoms with Gasteiger partial charge in [0.2, 0.25) is 5.03 Å². The zero-order valence-electron chi connectivity index (χ0n) is 12.3. The molecule has 0 unspecified atom stereocenters. The van der Waals surface area contributed by atoms with Crippen molar-refractivity contribution in [2.24, 2.45) is 7.05 Å². The number of nitrogens with one attached hydrogen (secondary N) is 3. The van der Waals surface area contributed by atoms with Crippen LogP contribution >= 0.6 is 0 Å². The highest BCUT2D eigenvalue weighted by Gasteiger charge is 2.24. The van der Waals surface area contributed by atoms with Gasteiger partial charge in [0.05, 0.1) is 0 Å². The molecule has 2 aromatic heterocycles. The predicted octanol–water partition coefficient (Wildman–Crippen LogP) is 0.752. The third-order valence-electron chi connectivity index (χ3n) is 2.97. The molecular weight excluding hydrogens is 292 g/mol. The van der Waals surface area contributed by atoms with E-state index in [-0.39, 0.29) is 10.8 Å². The van der Waals surface area contributed by atoms with Crippen molar-refractivity contribution in [2.75, 3.05) is 11.3 Å². The molecule has 2 heterocycles. The summed E-state index contributed by atoms with van der Waals surface area (Å²) in [5.74, 6) is 0.269. The molecule has 0 bridgehead atoms. The van der Waals surface area contributed by atoms with E-state index in [0.717, 1.165) is 18.7 Å². The maximum Gasteiger partial charge on any atom is 0.282 e. The molecule has 2 aromatic rings. The zero-order valence-corrected chi connectivity index (χ0v) is 13.2. The van der Waals surface area contributed by atoms with Gasteiger partial charge in [0.15, 0.2) is 5.82 Å². The molecule has 0 aliphatic rings. The lowest BCUT2D eigenvalue weighted by Crippen LogP contribution is -2.20. The lowest BCUT2D eigenvalue weighted by atomic mass is 10.2. The molecule has 9 heteroatoms. The normalized spacial score (nSPS) is 11.8. The van der Waals surface area contributed by atoms with Crippen molar-refractivity contribution in [1.29, 1.82) is 0 Å². The Morgan fingerprint density at radius 2 is 2.19 bits per heavy atom. The van der Waals surface area contributed by atoms with Crippen LogP contribution < -0.4 is 10.0 Å². The number of rotatable bonds is 7. The molecule has 0 saturated heterocycles.